The van der Waals surface area contributed by atoms with Crippen LogP contribution in [0.4, 0.5) is 0 Å². The molecule has 1 aromatic heterocycles. The number of hydrogen-bond acceptors (Lipinski definition) is 5. The van der Waals surface area contributed by atoms with E-state index in [4.69, 9.17) is 9.47 Å². The summed E-state index contributed by atoms with van der Waals surface area (Å²) in [4.78, 5) is 28.9. The number of ether oxygens (including phenoxy) is 2. The zero-order chi connectivity index (χ0) is 15.8. The molecule has 0 saturated heterocycles. The maximum absolute atomic E-state index is 12.2. The number of esters is 2. The number of carbonyl (C=O) groups excluding carboxylic acids is 2. The Balaban J connectivity index is 2.61. The number of aryl methyl sites for hydroxylation is 1. The van der Waals surface area contributed by atoms with Gasteiger partial charge in [0.25, 0.3) is 0 Å². The summed E-state index contributed by atoms with van der Waals surface area (Å²) in [5.74, 6) is -1.13. The summed E-state index contributed by atoms with van der Waals surface area (Å²) >= 11 is 0. The van der Waals surface area contributed by atoms with E-state index in [2.05, 4.69) is 11.6 Å². The van der Waals surface area contributed by atoms with Crippen LogP contribution in [0.5, 0.6) is 0 Å². The van der Waals surface area contributed by atoms with Crippen LogP contribution in [0.1, 0.15) is 28.1 Å². The number of fused-ring (bicyclic) bond motifs is 1. The third-order valence-electron chi connectivity index (χ3n) is 4.23. The minimum absolute atomic E-state index is 0.263. The lowest BCUT2D eigenvalue weighted by Crippen LogP contribution is -2.42. The molecule has 0 atom stereocenters. The first kappa shape index (κ1) is 15.2. The van der Waals surface area contributed by atoms with Crippen LogP contribution in [0.3, 0.4) is 0 Å². The van der Waals surface area contributed by atoms with Crippen LogP contribution in [-0.2, 0) is 31.9 Å². The summed E-state index contributed by atoms with van der Waals surface area (Å²) in [6, 6.07) is 0. The van der Waals surface area contributed by atoms with Gasteiger partial charge in [-0.25, -0.2) is 0 Å². The molecule has 0 saturated carbocycles. The van der Waals surface area contributed by atoms with Gasteiger partial charge in [0.15, 0.2) is 5.41 Å². The van der Waals surface area contributed by atoms with Crippen molar-refractivity contribution in [3.63, 3.8) is 0 Å². The Morgan fingerprint density at radius 3 is 2.14 bits per heavy atom. The van der Waals surface area contributed by atoms with Gasteiger partial charge in [0, 0.05) is 18.5 Å². The predicted molar refractivity (Wildman–Crippen MR) is 77.7 cm³/mol. The van der Waals surface area contributed by atoms with Crippen molar-refractivity contribution >= 4 is 18.0 Å². The summed E-state index contributed by atoms with van der Waals surface area (Å²) in [6.45, 7) is 7.55. The molecule has 0 fully saturated rings. The number of rotatable bonds is 3. The molecular formula is C16H19NO4. The highest BCUT2D eigenvalue weighted by molar-refractivity contribution is 6.01. The van der Waals surface area contributed by atoms with Crippen molar-refractivity contribution in [2.45, 2.75) is 26.7 Å². The minimum Gasteiger partial charge on any atom is -0.468 e. The van der Waals surface area contributed by atoms with Gasteiger partial charge in [-0.2, -0.15) is 0 Å². The number of methoxy groups -OCH3 is 2. The lowest BCUT2D eigenvalue weighted by molar-refractivity contribution is -0.168. The van der Waals surface area contributed by atoms with Gasteiger partial charge in [-0.1, -0.05) is 6.58 Å². The molecule has 0 aromatic carbocycles. The average molecular weight is 289 g/mol. The number of hydrogen-bond donors (Lipinski definition) is 0. The Bertz CT molecular complexity index is 618. The number of pyridine rings is 1. The third-order valence-corrected chi connectivity index (χ3v) is 4.23. The molecule has 0 amide bonds. The highest BCUT2D eigenvalue weighted by Crippen LogP contribution is 2.42. The van der Waals surface area contributed by atoms with Crippen LogP contribution >= 0.6 is 0 Å². The summed E-state index contributed by atoms with van der Waals surface area (Å²) < 4.78 is 9.70. The molecule has 5 heteroatoms. The van der Waals surface area contributed by atoms with Gasteiger partial charge >= 0.3 is 11.9 Å². The summed E-state index contributed by atoms with van der Waals surface area (Å²) in [5.41, 5.74) is 3.11. The fourth-order valence-electron chi connectivity index (χ4n) is 3.03. The Kier molecular flexibility index (Phi) is 3.85. The van der Waals surface area contributed by atoms with E-state index >= 15 is 0 Å². The first-order valence-corrected chi connectivity index (χ1v) is 6.69. The molecule has 0 unspecified atom stereocenters. The van der Waals surface area contributed by atoms with E-state index in [0.29, 0.717) is 0 Å². The Morgan fingerprint density at radius 2 is 1.67 bits per heavy atom. The van der Waals surface area contributed by atoms with Crippen LogP contribution in [0.2, 0.25) is 0 Å². The minimum atomic E-state index is -1.30. The molecule has 112 valence electrons. The maximum Gasteiger partial charge on any atom is 0.323 e. The molecule has 0 spiro atoms. The van der Waals surface area contributed by atoms with Crippen LogP contribution in [0.15, 0.2) is 6.58 Å². The van der Waals surface area contributed by atoms with Crippen molar-refractivity contribution < 1.29 is 19.1 Å². The zero-order valence-electron chi connectivity index (χ0n) is 12.8. The van der Waals surface area contributed by atoms with E-state index in [-0.39, 0.29) is 12.8 Å². The van der Waals surface area contributed by atoms with Crippen molar-refractivity contribution in [1.82, 2.24) is 4.98 Å². The SMILES string of the molecule is C=Cc1nc(C)c2c(c1C)CC(C(=O)OC)(C(=O)OC)C2. The van der Waals surface area contributed by atoms with E-state index in [1.165, 1.54) is 14.2 Å². The van der Waals surface area contributed by atoms with E-state index in [1.807, 2.05) is 13.8 Å². The molecule has 1 aromatic rings. The van der Waals surface area contributed by atoms with E-state index in [1.54, 1.807) is 6.08 Å². The molecule has 0 bridgehead atoms. The van der Waals surface area contributed by atoms with Crippen LogP contribution < -0.4 is 0 Å². The number of aromatic nitrogens is 1. The molecule has 1 aliphatic carbocycles. The molecule has 0 radical (unpaired) electrons. The van der Waals surface area contributed by atoms with Crippen molar-refractivity contribution in [1.29, 1.82) is 0 Å². The normalized spacial score (nSPS) is 15.2. The van der Waals surface area contributed by atoms with Crippen molar-refractivity contribution in [2.24, 2.45) is 5.41 Å². The summed E-state index contributed by atoms with van der Waals surface area (Å²) in [7, 11) is 2.56. The topological polar surface area (TPSA) is 65.5 Å². The van der Waals surface area contributed by atoms with Gasteiger partial charge in [0.05, 0.1) is 19.9 Å². The first-order valence-electron chi connectivity index (χ1n) is 6.69. The molecule has 0 N–H and O–H groups in total. The second-order valence-electron chi connectivity index (χ2n) is 5.29. The molecule has 1 heterocycles. The molecule has 2 rings (SSSR count). The van der Waals surface area contributed by atoms with Crippen molar-refractivity contribution in [3.05, 3.63) is 34.7 Å². The van der Waals surface area contributed by atoms with Gasteiger partial charge in [0.2, 0.25) is 0 Å². The fourth-order valence-corrected chi connectivity index (χ4v) is 3.03. The van der Waals surface area contributed by atoms with Crippen LogP contribution in [0, 0.1) is 19.3 Å². The smallest absolute Gasteiger partial charge is 0.323 e. The standard InChI is InChI=1S/C16H19NO4/c1-6-13-9(2)11-7-16(14(18)20-4,15(19)21-5)8-12(11)10(3)17-13/h6H,1,7-8H2,2-5H3. The Labute approximate surface area is 124 Å². The van der Waals surface area contributed by atoms with Crippen LogP contribution in [0.25, 0.3) is 6.08 Å². The van der Waals surface area contributed by atoms with E-state index < -0.39 is 17.4 Å². The monoisotopic (exact) mass is 289 g/mol. The van der Waals surface area contributed by atoms with Gasteiger partial charge < -0.3 is 9.47 Å². The van der Waals surface area contributed by atoms with Gasteiger partial charge in [-0.15, -0.1) is 0 Å². The highest BCUT2D eigenvalue weighted by Gasteiger charge is 2.53. The van der Waals surface area contributed by atoms with E-state index in [9.17, 15) is 9.59 Å². The summed E-state index contributed by atoms with van der Waals surface area (Å²) in [5, 5.41) is 0. The van der Waals surface area contributed by atoms with Gasteiger partial charge in [-0.05, 0) is 36.6 Å². The Morgan fingerprint density at radius 1 is 1.14 bits per heavy atom. The van der Waals surface area contributed by atoms with Crippen LogP contribution in [-0.4, -0.2) is 31.1 Å². The second-order valence-corrected chi connectivity index (χ2v) is 5.29. The van der Waals surface area contributed by atoms with E-state index in [0.717, 1.165) is 28.1 Å². The third kappa shape index (κ3) is 2.13. The highest BCUT2D eigenvalue weighted by atomic mass is 16.5. The molecule has 1 aliphatic rings. The fraction of sp³-hybridized carbons (Fsp3) is 0.438. The van der Waals surface area contributed by atoms with Crippen molar-refractivity contribution in [3.8, 4) is 0 Å². The quantitative estimate of drug-likeness (QED) is 0.627. The average Bonchev–Trinajstić information content (AvgIpc) is 2.91. The molecule has 5 nitrogen and oxygen atoms in total. The van der Waals surface area contributed by atoms with Gasteiger partial charge in [-0.3, -0.25) is 14.6 Å². The second kappa shape index (κ2) is 5.31. The zero-order valence-corrected chi connectivity index (χ0v) is 12.8. The van der Waals surface area contributed by atoms with Crippen molar-refractivity contribution in [2.75, 3.05) is 14.2 Å². The largest absolute Gasteiger partial charge is 0.468 e. The number of nitrogens with zero attached hydrogens (tertiary/aromatic N) is 1. The molecule has 0 aliphatic heterocycles. The molecule has 21 heavy (non-hydrogen) atoms. The Hall–Kier alpha value is -2.17. The van der Waals surface area contributed by atoms with Gasteiger partial charge in [0.1, 0.15) is 0 Å². The predicted octanol–water partition coefficient (Wildman–Crippen LogP) is 1.77. The number of carbonyl (C=O) groups is 2. The lowest BCUT2D eigenvalue weighted by Gasteiger charge is -2.22. The first-order chi connectivity index (χ1) is 9.91. The lowest BCUT2D eigenvalue weighted by atomic mass is 9.84. The summed E-state index contributed by atoms with van der Waals surface area (Å²) in [6.07, 6.45) is 2.22. The maximum atomic E-state index is 12.2. The molecular weight excluding hydrogens is 270 g/mol.